The molecule has 0 spiro atoms. The van der Waals surface area contributed by atoms with Gasteiger partial charge in [-0.05, 0) is 30.3 Å². The van der Waals surface area contributed by atoms with E-state index in [-0.39, 0.29) is 0 Å². The largest absolute Gasteiger partial charge is 0.134 e. The Labute approximate surface area is 113 Å². The lowest BCUT2D eigenvalue weighted by Gasteiger charge is -2.31. The van der Waals surface area contributed by atoms with E-state index < -0.39 is 0 Å². The third-order valence-electron chi connectivity index (χ3n) is 4.24. The molecule has 17 heavy (non-hydrogen) atoms. The van der Waals surface area contributed by atoms with Crippen molar-refractivity contribution in [3.8, 4) is 0 Å². The number of unbranched alkanes of at least 4 members (excludes halogenated alkanes) is 3. The molecule has 0 aliphatic carbocycles. The first-order chi connectivity index (χ1) is 8.21. The summed E-state index contributed by atoms with van der Waals surface area (Å²) in [6.07, 6.45) is 12.5. The molecule has 3 atom stereocenters. The van der Waals surface area contributed by atoms with Crippen molar-refractivity contribution in [3.63, 3.8) is 0 Å². The Morgan fingerprint density at radius 2 is 1.35 bits per heavy atom. The van der Waals surface area contributed by atoms with Gasteiger partial charge in [-0.3, -0.25) is 0 Å². The zero-order chi connectivity index (χ0) is 13.1. The Balaban J connectivity index is 4.22. The van der Waals surface area contributed by atoms with Gasteiger partial charge in [0.1, 0.15) is 0 Å². The van der Waals surface area contributed by atoms with Gasteiger partial charge in [0, 0.05) is 0 Å². The predicted molar refractivity (Wildman–Crippen MR) is 84.7 cm³/mol. The molecule has 0 N–H and O–H groups in total. The fraction of sp³-hybridized carbons (Fsp3) is 1.00. The minimum atomic E-state index is 0.859. The highest BCUT2D eigenvalue weighted by molar-refractivity contribution is 7.17. The fourth-order valence-corrected chi connectivity index (χ4v) is 3.72. The highest BCUT2D eigenvalue weighted by Gasteiger charge is 2.23. The van der Waals surface area contributed by atoms with Crippen molar-refractivity contribution < 1.29 is 0 Å². The van der Waals surface area contributed by atoms with Gasteiger partial charge in [0.15, 0.2) is 0 Å². The number of hydrogen-bond donors (Lipinski definition) is 0. The van der Waals surface area contributed by atoms with Crippen molar-refractivity contribution in [2.24, 2.45) is 11.8 Å². The van der Waals surface area contributed by atoms with Gasteiger partial charge in [0.2, 0.25) is 0 Å². The van der Waals surface area contributed by atoms with Crippen LogP contribution in [0.15, 0.2) is 0 Å². The van der Waals surface area contributed by atoms with Gasteiger partial charge in [-0.1, -0.05) is 72.6 Å². The standard InChI is InChI=1S/C16H35P/c1-5-9-11-13-16(17)15(12-10-6-2)14(7-3)8-4/h14-16H,5-13,17H2,1-4H3. The highest BCUT2D eigenvalue weighted by Crippen LogP contribution is 2.34. The van der Waals surface area contributed by atoms with E-state index in [1.54, 1.807) is 0 Å². The molecule has 0 aliphatic heterocycles. The van der Waals surface area contributed by atoms with Crippen LogP contribution >= 0.6 is 9.24 Å². The van der Waals surface area contributed by atoms with Crippen LogP contribution in [-0.2, 0) is 0 Å². The quantitative estimate of drug-likeness (QED) is 0.312. The van der Waals surface area contributed by atoms with Crippen LogP contribution in [0.2, 0.25) is 0 Å². The normalized spacial score (nSPS) is 15.2. The second-order valence-corrected chi connectivity index (χ2v) is 6.40. The average molecular weight is 258 g/mol. The molecule has 0 heterocycles. The van der Waals surface area contributed by atoms with Crippen molar-refractivity contribution >= 4 is 9.24 Å². The molecular formula is C16H35P. The van der Waals surface area contributed by atoms with Crippen LogP contribution in [0.25, 0.3) is 0 Å². The Bertz CT molecular complexity index is 152. The van der Waals surface area contributed by atoms with Gasteiger partial charge in [-0.2, -0.15) is 0 Å². The lowest BCUT2D eigenvalue weighted by atomic mass is 9.80. The minimum Gasteiger partial charge on any atom is -0.134 e. The predicted octanol–water partition coefficient (Wildman–Crippen LogP) is 6.05. The van der Waals surface area contributed by atoms with E-state index in [1.807, 2.05) is 0 Å². The van der Waals surface area contributed by atoms with Crippen molar-refractivity contribution in [2.45, 2.75) is 91.1 Å². The molecule has 0 aliphatic rings. The Morgan fingerprint density at radius 3 is 1.82 bits per heavy atom. The second kappa shape index (κ2) is 11.5. The summed E-state index contributed by atoms with van der Waals surface area (Å²) in [5, 5.41) is 0. The van der Waals surface area contributed by atoms with E-state index in [0.717, 1.165) is 17.5 Å². The second-order valence-electron chi connectivity index (χ2n) is 5.54. The van der Waals surface area contributed by atoms with Crippen LogP contribution in [0, 0.1) is 11.8 Å². The van der Waals surface area contributed by atoms with Crippen LogP contribution in [0.4, 0.5) is 0 Å². The molecule has 0 aromatic carbocycles. The summed E-state index contributed by atoms with van der Waals surface area (Å²) in [6.45, 7) is 9.36. The van der Waals surface area contributed by atoms with Crippen LogP contribution < -0.4 is 0 Å². The highest BCUT2D eigenvalue weighted by atomic mass is 31.0. The van der Waals surface area contributed by atoms with E-state index >= 15 is 0 Å². The summed E-state index contributed by atoms with van der Waals surface area (Å²) in [6, 6.07) is 0. The lowest BCUT2D eigenvalue weighted by Crippen LogP contribution is -2.23. The topological polar surface area (TPSA) is 0 Å². The van der Waals surface area contributed by atoms with Crippen LogP contribution in [0.5, 0.6) is 0 Å². The maximum Gasteiger partial charge on any atom is -0.0233 e. The minimum absolute atomic E-state index is 0.859. The van der Waals surface area contributed by atoms with Gasteiger partial charge in [-0.25, -0.2) is 0 Å². The molecule has 3 unspecified atom stereocenters. The number of hydrogen-bond acceptors (Lipinski definition) is 0. The first kappa shape index (κ1) is 17.4. The molecule has 0 amide bonds. The van der Waals surface area contributed by atoms with Crippen LogP contribution in [0.1, 0.15) is 85.5 Å². The SMILES string of the molecule is CCCCCC(P)C(CCCC)C(CC)CC. The van der Waals surface area contributed by atoms with Gasteiger partial charge in [-0.15, -0.1) is 9.24 Å². The van der Waals surface area contributed by atoms with E-state index in [1.165, 1.54) is 57.8 Å². The first-order valence-corrected chi connectivity index (χ1v) is 8.63. The lowest BCUT2D eigenvalue weighted by molar-refractivity contribution is 0.272. The zero-order valence-electron chi connectivity index (χ0n) is 12.7. The molecule has 0 saturated heterocycles. The molecule has 0 radical (unpaired) electrons. The molecule has 1 heteroatoms. The van der Waals surface area contributed by atoms with Crippen molar-refractivity contribution in [2.75, 3.05) is 0 Å². The maximum absolute atomic E-state index is 3.17. The summed E-state index contributed by atoms with van der Waals surface area (Å²) >= 11 is 0. The third-order valence-corrected chi connectivity index (χ3v) is 5.06. The summed E-state index contributed by atoms with van der Waals surface area (Å²) in [5.41, 5.74) is 0.859. The first-order valence-electron chi connectivity index (χ1n) is 7.96. The van der Waals surface area contributed by atoms with Crippen LogP contribution in [0.3, 0.4) is 0 Å². The van der Waals surface area contributed by atoms with E-state index in [2.05, 4.69) is 36.9 Å². The van der Waals surface area contributed by atoms with E-state index in [9.17, 15) is 0 Å². The zero-order valence-corrected chi connectivity index (χ0v) is 13.8. The van der Waals surface area contributed by atoms with Gasteiger partial charge in [0.05, 0.1) is 0 Å². The molecule has 0 rings (SSSR count). The summed E-state index contributed by atoms with van der Waals surface area (Å²) in [4.78, 5) is 0. The molecule has 0 aromatic heterocycles. The van der Waals surface area contributed by atoms with Gasteiger partial charge >= 0.3 is 0 Å². The van der Waals surface area contributed by atoms with E-state index in [0.29, 0.717) is 0 Å². The molecule has 0 nitrogen and oxygen atoms in total. The van der Waals surface area contributed by atoms with Crippen molar-refractivity contribution in [3.05, 3.63) is 0 Å². The summed E-state index contributed by atoms with van der Waals surface area (Å²) in [7, 11) is 3.17. The molecule has 0 bridgehead atoms. The monoisotopic (exact) mass is 258 g/mol. The molecular weight excluding hydrogens is 223 g/mol. The fourth-order valence-electron chi connectivity index (χ4n) is 2.98. The summed E-state index contributed by atoms with van der Waals surface area (Å²) in [5.74, 6) is 1.90. The molecule has 0 aromatic rings. The summed E-state index contributed by atoms with van der Waals surface area (Å²) < 4.78 is 0. The average Bonchev–Trinajstić information content (AvgIpc) is 2.34. The smallest absolute Gasteiger partial charge is 0.0233 e. The van der Waals surface area contributed by atoms with Gasteiger partial charge < -0.3 is 0 Å². The Morgan fingerprint density at radius 1 is 0.765 bits per heavy atom. The van der Waals surface area contributed by atoms with Crippen molar-refractivity contribution in [1.29, 1.82) is 0 Å². The Hall–Kier alpha value is 0.430. The van der Waals surface area contributed by atoms with E-state index in [4.69, 9.17) is 0 Å². The third kappa shape index (κ3) is 7.45. The van der Waals surface area contributed by atoms with Crippen molar-refractivity contribution in [1.82, 2.24) is 0 Å². The Kier molecular flexibility index (Phi) is 11.8. The maximum atomic E-state index is 3.17. The molecule has 0 saturated carbocycles. The molecule has 0 fully saturated rings. The molecule has 104 valence electrons. The van der Waals surface area contributed by atoms with Crippen LogP contribution in [-0.4, -0.2) is 5.66 Å². The number of rotatable bonds is 11. The van der Waals surface area contributed by atoms with Gasteiger partial charge in [0.25, 0.3) is 0 Å².